The second kappa shape index (κ2) is 11.8. The number of carbonyl (C=O) groups is 2. The zero-order valence-corrected chi connectivity index (χ0v) is 20.5. The Morgan fingerprint density at radius 3 is 2.83 bits per heavy atom. The van der Waals surface area contributed by atoms with E-state index >= 15 is 0 Å². The predicted octanol–water partition coefficient (Wildman–Crippen LogP) is 4.29. The molecule has 7 nitrogen and oxygen atoms in total. The average molecular weight is 503 g/mol. The first kappa shape index (κ1) is 25.4. The first-order valence-corrected chi connectivity index (χ1v) is 12.7. The van der Waals surface area contributed by atoms with Gasteiger partial charge < -0.3 is 20.6 Å². The lowest BCUT2D eigenvalue weighted by Crippen LogP contribution is -2.43. The molecular formula is C26H32ClFN4O3. The van der Waals surface area contributed by atoms with Crippen molar-refractivity contribution >= 4 is 29.3 Å². The number of aromatic nitrogens is 1. The summed E-state index contributed by atoms with van der Waals surface area (Å²) >= 11 is 5.88. The Morgan fingerprint density at radius 1 is 1.23 bits per heavy atom. The topological polar surface area (TPSA) is 94.6 Å². The van der Waals surface area contributed by atoms with E-state index in [2.05, 4.69) is 27.7 Å². The van der Waals surface area contributed by atoms with Gasteiger partial charge in [0.25, 0.3) is 5.91 Å². The minimum atomic E-state index is -1.12. The van der Waals surface area contributed by atoms with Gasteiger partial charge in [0.15, 0.2) is 0 Å². The maximum atomic E-state index is 13.7. The Balaban J connectivity index is 1.25. The van der Waals surface area contributed by atoms with Gasteiger partial charge in [0.05, 0.1) is 10.6 Å². The van der Waals surface area contributed by atoms with Crippen molar-refractivity contribution in [3.05, 3.63) is 58.0 Å². The number of anilines is 1. The van der Waals surface area contributed by atoms with Crippen molar-refractivity contribution in [1.29, 1.82) is 0 Å². The predicted molar refractivity (Wildman–Crippen MR) is 133 cm³/mol. The maximum absolute atomic E-state index is 13.7. The summed E-state index contributed by atoms with van der Waals surface area (Å²) in [7, 11) is 0. The number of benzene rings is 1. The van der Waals surface area contributed by atoms with E-state index in [0.29, 0.717) is 12.6 Å². The summed E-state index contributed by atoms with van der Waals surface area (Å²) in [5.41, 5.74) is 2.32. The van der Waals surface area contributed by atoms with Crippen molar-refractivity contribution < 1.29 is 19.1 Å². The fraction of sp³-hybridized carbons (Fsp3) is 0.500. The first-order valence-electron chi connectivity index (χ1n) is 12.4. The molecule has 9 heteroatoms. The van der Waals surface area contributed by atoms with Crippen molar-refractivity contribution in [2.75, 3.05) is 25.0 Å². The summed E-state index contributed by atoms with van der Waals surface area (Å²) in [5, 5.41) is 15.2. The average Bonchev–Trinajstić information content (AvgIpc) is 3.69. The van der Waals surface area contributed by atoms with Crippen molar-refractivity contribution in [3.8, 4) is 0 Å². The number of carboxylic acids is 1. The molecule has 0 bridgehead atoms. The Kier molecular flexibility index (Phi) is 8.57. The van der Waals surface area contributed by atoms with Crippen molar-refractivity contribution in [2.24, 2.45) is 0 Å². The Morgan fingerprint density at radius 2 is 2.06 bits per heavy atom. The second-order valence-corrected chi connectivity index (χ2v) is 9.70. The number of rotatable bonds is 12. The molecule has 1 aliphatic heterocycles. The lowest BCUT2D eigenvalue weighted by molar-refractivity contribution is -0.139. The van der Waals surface area contributed by atoms with E-state index in [1.807, 2.05) is 0 Å². The number of amides is 1. The molecular weight excluding hydrogens is 471 g/mol. The number of hydrogen-bond acceptors (Lipinski definition) is 5. The number of carboxylic acid groups (broad SMARTS) is 1. The molecule has 35 heavy (non-hydrogen) atoms. The molecule has 1 saturated carbocycles. The van der Waals surface area contributed by atoms with Gasteiger partial charge in [0.1, 0.15) is 17.7 Å². The van der Waals surface area contributed by atoms with E-state index in [1.54, 1.807) is 0 Å². The summed E-state index contributed by atoms with van der Waals surface area (Å²) in [6.07, 6.45) is 7.63. The van der Waals surface area contributed by atoms with Gasteiger partial charge >= 0.3 is 5.97 Å². The standard InChI is InChI=1S/C26H32ClFN4O3/c27-23-20(7-3-8-21(23)28)25(33)31-22(26(34)35)13-16-32(19-11-12-19)15-2-1-6-18-10-9-17-5-4-14-29-24(17)30-18/h3,7-10,19,22H,1-2,4-6,11-16H2,(H,29,30)(H,31,33)(H,34,35). The summed E-state index contributed by atoms with van der Waals surface area (Å²) in [5.74, 6) is -1.50. The number of halogens is 2. The van der Waals surface area contributed by atoms with Crippen LogP contribution < -0.4 is 10.6 Å². The first-order chi connectivity index (χ1) is 16.9. The SMILES string of the molecule is O=C(NC(CCN(CCCCc1ccc2c(n1)NCCC2)C1CC1)C(=O)O)c1cccc(F)c1Cl. The molecule has 3 N–H and O–H groups in total. The number of pyridine rings is 1. The Hall–Kier alpha value is -2.71. The van der Waals surface area contributed by atoms with Gasteiger partial charge in [0.2, 0.25) is 0 Å². The van der Waals surface area contributed by atoms with Crippen LogP contribution in [0.15, 0.2) is 30.3 Å². The number of carbonyl (C=O) groups excluding carboxylic acids is 1. The molecule has 1 aromatic carbocycles. The number of hydrogen-bond donors (Lipinski definition) is 3. The molecule has 1 fully saturated rings. The third-order valence-electron chi connectivity index (χ3n) is 6.65. The lowest BCUT2D eigenvalue weighted by Gasteiger charge is -2.24. The molecule has 2 aromatic rings. The number of unbranched alkanes of at least 4 members (excludes halogenated alkanes) is 1. The van der Waals surface area contributed by atoms with Gasteiger partial charge in [-0.15, -0.1) is 0 Å². The van der Waals surface area contributed by atoms with Gasteiger partial charge in [-0.3, -0.25) is 4.79 Å². The van der Waals surface area contributed by atoms with Crippen LogP contribution in [0, 0.1) is 5.82 Å². The van der Waals surface area contributed by atoms with E-state index in [4.69, 9.17) is 16.6 Å². The van der Waals surface area contributed by atoms with Gasteiger partial charge in [-0.25, -0.2) is 14.2 Å². The number of aliphatic carboxylic acids is 1. The number of aryl methyl sites for hydroxylation is 2. The van der Waals surface area contributed by atoms with Gasteiger partial charge in [-0.2, -0.15) is 0 Å². The second-order valence-electron chi connectivity index (χ2n) is 9.32. The molecule has 2 aliphatic rings. The van der Waals surface area contributed by atoms with E-state index in [9.17, 15) is 19.1 Å². The van der Waals surface area contributed by atoms with Crippen LogP contribution in [0.2, 0.25) is 5.02 Å². The highest BCUT2D eigenvalue weighted by Crippen LogP contribution is 2.28. The van der Waals surface area contributed by atoms with Crippen LogP contribution in [0.4, 0.5) is 10.2 Å². The molecule has 1 unspecified atom stereocenters. The van der Waals surface area contributed by atoms with E-state index in [1.165, 1.54) is 17.7 Å². The van der Waals surface area contributed by atoms with Crippen LogP contribution in [-0.2, 0) is 17.6 Å². The molecule has 2 heterocycles. The van der Waals surface area contributed by atoms with Crippen molar-refractivity contribution in [2.45, 2.75) is 63.5 Å². The zero-order valence-electron chi connectivity index (χ0n) is 19.7. The molecule has 1 atom stereocenters. The van der Waals surface area contributed by atoms with Crippen LogP contribution >= 0.6 is 11.6 Å². The molecule has 0 spiro atoms. The van der Waals surface area contributed by atoms with Crippen LogP contribution in [-0.4, -0.2) is 58.6 Å². The fourth-order valence-corrected chi connectivity index (χ4v) is 4.72. The normalized spacial score (nSPS) is 15.9. The van der Waals surface area contributed by atoms with Gasteiger partial charge in [-0.1, -0.05) is 23.7 Å². The largest absolute Gasteiger partial charge is 0.480 e. The Labute approximate surface area is 210 Å². The maximum Gasteiger partial charge on any atom is 0.326 e. The van der Waals surface area contributed by atoms with Crippen LogP contribution in [0.5, 0.6) is 0 Å². The summed E-state index contributed by atoms with van der Waals surface area (Å²) in [6, 6.07) is 7.60. The van der Waals surface area contributed by atoms with Crippen molar-refractivity contribution in [3.63, 3.8) is 0 Å². The molecule has 4 rings (SSSR count). The van der Waals surface area contributed by atoms with E-state index in [-0.39, 0.29) is 17.0 Å². The third-order valence-corrected chi connectivity index (χ3v) is 7.03. The van der Waals surface area contributed by atoms with Crippen molar-refractivity contribution in [1.82, 2.24) is 15.2 Å². The highest BCUT2D eigenvalue weighted by atomic mass is 35.5. The molecule has 0 radical (unpaired) electrons. The third kappa shape index (κ3) is 6.92. The van der Waals surface area contributed by atoms with Crippen LogP contribution in [0.3, 0.4) is 0 Å². The molecule has 1 aromatic heterocycles. The number of nitrogens with zero attached hydrogens (tertiary/aromatic N) is 2. The summed E-state index contributed by atoms with van der Waals surface area (Å²) in [4.78, 5) is 31.4. The minimum Gasteiger partial charge on any atom is -0.480 e. The summed E-state index contributed by atoms with van der Waals surface area (Å²) in [6.45, 7) is 2.43. The number of fused-ring (bicyclic) bond motifs is 1. The highest BCUT2D eigenvalue weighted by molar-refractivity contribution is 6.34. The molecule has 1 aliphatic carbocycles. The monoisotopic (exact) mass is 502 g/mol. The van der Waals surface area contributed by atoms with Gasteiger partial charge in [0, 0.05) is 24.8 Å². The molecule has 188 valence electrons. The molecule has 0 saturated heterocycles. The minimum absolute atomic E-state index is 0.0667. The smallest absolute Gasteiger partial charge is 0.326 e. The highest BCUT2D eigenvalue weighted by Gasteiger charge is 2.30. The zero-order chi connectivity index (χ0) is 24.8. The Bertz CT molecular complexity index is 1060. The molecule has 1 amide bonds. The lowest BCUT2D eigenvalue weighted by atomic mass is 10.1. The fourth-order valence-electron chi connectivity index (χ4n) is 4.51. The van der Waals surface area contributed by atoms with Gasteiger partial charge in [-0.05, 0) is 81.7 Å². The van der Waals surface area contributed by atoms with Crippen LogP contribution in [0.1, 0.15) is 60.1 Å². The van der Waals surface area contributed by atoms with Crippen LogP contribution in [0.25, 0.3) is 0 Å². The summed E-state index contributed by atoms with van der Waals surface area (Å²) < 4.78 is 13.7. The van der Waals surface area contributed by atoms with E-state index in [0.717, 1.165) is 75.6 Å². The van der Waals surface area contributed by atoms with E-state index < -0.39 is 23.7 Å². The number of nitrogens with one attached hydrogen (secondary N) is 2. The quantitative estimate of drug-likeness (QED) is 0.375.